The molecule has 10 heteroatoms. The van der Waals surface area contributed by atoms with Gasteiger partial charge in [0.2, 0.25) is 0 Å². The van der Waals surface area contributed by atoms with E-state index < -0.39 is 22.8 Å². The van der Waals surface area contributed by atoms with Crippen LogP contribution in [0.1, 0.15) is 76.6 Å². The van der Waals surface area contributed by atoms with Gasteiger partial charge in [-0.3, -0.25) is 14.4 Å². The van der Waals surface area contributed by atoms with Gasteiger partial charge < -0.3 is 24.9 Å². The van der Waals surface area contributed by atoms with E-state index in [0.29, 0.717) is 5.57 Å². The van der Waals surface area contributed by atoms with Crippen molar-refractivity contribution in [3.8, 4) is 12.1 Å². The van der Waals surface area contributed by atoms with E-state index in [0.717, 1.165) is 68.9 Å². The second-order valence-electron chi connectivity index (χ2n) is 16.6. The fourth-order valence-electron chi connectivity index (χ4n) is 8.95. The smallest absolute Gasteiger partial charge is 0.305 e. The molecule has 61 heavy (non-hydrogen) atoms. The predicted molar refractivity (Wildman–Crippen MR) is 243 cm³/mol. The van der Waals surface area contributed by atoms with Crippen LogP contribution >= 0.6 is 0 Å². The SMILES string of the molecule is CCN(CC)c1ccc(/C=C(\C#N)C(=O)Cc2ccc3c(c2)C(C)(C)C(/C=C/C(C#N)=C/C=C2/N(CCC(=O)O)c4ccc5ccccc5c4C2(C)C)N3CCC(=O)O)cc1. The van der Waals surface area contributed by atoms with E-state index in [1.54, 1.807) is 18.2 Å². The van der Waals surface area contributed by atoms with Crippen molar-refractivity contribution in [2.24, 2.45) is 0 Å². The fourth-order valence-corrected chi connectivity index (χ4v) is 8.95. The van der Waals surface area contributed by atoms with Gasteiger partial charge in [0.15, 0.2) is 5.78 Å². The van der Waals surface area contributed by atoms with Gasteiger partial charge in [-0.25, -0.2) is 0 Å². The summed E-state index contributed by atoms with van der Waals surface area (Å²) >= 11 is 0. The quantitative estimate of drug-likeness (QED) is 0.0636. The Balaban J connectivity index is 1.29. The van der Waals surface area contributed by atoms with E-state index in [4.69, 9.17) is 0 Å². The molecule has 0 saturated carbocycles. The third-order valence-corrected chi connectivity index (χ3v) is 12.1. The first-order chi connectivity index (χ1) is 29.1. The van der Waals surface area contributed by atoms with Crippen LogP contribution < -0.4 is 14.7 Å². The summed E-state index contributed by atoms with van der Waals surface area (Å²) in [6.45, 7) is 14.8. The van der Waals surface area contributed by atoms with Gasteiger partial charge in [0.25, 0.3) is 0 Å². The maximum atomic E-state index is 13.5. The van der Waals surface area contributed by atoms with Crippen LogP contribution in [0.5, 0.6) is 0 Å². The summed E-state index contributed by atoms with van der Waals surface area (Å²) in [5.41, 5.74) is 6.65. The van der Waals surface area contributed by atoms with Crippen LogP contribution in [0.25, 0.3) is 16.8 Å². The summed E-state index contributed by atoms with van der Waals surface area (Å²) in [4.78, 5) is 43.4. The molecule has 2 N–H and O–H groups in total. The molecule has 0 saturated heterocycles. The molecule has 2 heterocycles. The Labute approximate surface area is 358 Å². The van der Waals surface area contributed by atoms with Crippen molar-refractivity contribution in [2.75, 3.05) is 40.9 Å². The molecular weight excluding hydrogens is 763 g/mol. The van der Waals surface area contributed by atoms with Crippen LogP contribution in [-0.2, 0) is 31.6 Å². The molecule has 1 atom stereocenters. The largest absolute Gasteiger partial charge is 0.481 e. The maximum Gasteiger partial charge on any atom is 0.305 e. The Morgan fingerprint density at radius 1 is 0.836 bits per heavy atom. The molecule has 6 rings (SSSR count). The summed E-state index contributed by atoms with van der Waals surface area (Å²) < 4.78 is 0. The summed E-state index contributed by atoms with van der Waals surface area (Å²) in [7, 11) is 0. The van der Waals surface area contributed by atoms with Crippen LogP contribution in [0.2, 0.25) is 0 Å². The molecule has 4 aromatic rings. The van der Waals surface area contributed by atoms with Crippen molar-refractivity contribution in [3.63, 3.8) is 0 Å². The number of nitriles is 2. The van der Waals surface area contributed by atoms with Gasteiger partial charge in [0.05, 0.1) is 36.1 Å². The Morgan fingerprint density at radius 3 is 2.16 bits per heavy atom. The lowest BCUT2D eigenvalue weighted by Crippen LogP contribution is -2.41. The van der Waals surface area contributed by atoms with Crippen LogP contribution in [0.4, 0.5) is 17.1 Å². The first-order valence-electron chi connectivity index (χ1n) is 20.8. The molecule has 0 bridgehead atoms. The van der Waals surface area contributed by atoms with Crippen molar-refractivity contribution in [1.82, 2.24) is 0 Å². The number of aliphatic carboxylic acids is 2. The molecule has 1 unspecified atom stereocenters. The molecule has 2 aliphatic rings. The monoisotopic (exact) mass is 815 g/mol. The summed E-state index contributed by atoms with van der Waals surface area (Å²) in [6, 6.07) is 29.9. The number of fused-ring (bicyclic) bond motifs is 4. The zero-order chi connectivity index (χ0) is 44.1. The summed E-state index contributed by atoms with van der Waals surface area (Å²) in [5, 5.41) is 41.9. The van der Waals surface area contributed by atoms with E-state index >= 15 is 0 Å². The average molecular weight is 816 g/mol. The molecule has 0 spiro atoms. The number of carboxylic acids is 2. The zero-order valence-corrected chi connectivity index (χ0v) is 35.8. The number of Topliss-reactive ketones (excluding diaryl/α,β-unsaturated/α-hetero) is 1. The third-order valence-electron chi connectivity index (χ3n) is 12.1. The topological polar surface area (TPSA) is 149 Å². The molecular formula is C51H53N5O5. The predicted octanol–water partition coefficient (Wildman–Crippen LogP) is 9.51. The standard InChI is InChI=1S/C51H53N5O5/c1-7-54(8-2)39-19-13-34(14-20-39)29-38(33-53)44(57)31-36-15-21-42-41(30-36)50(3,4)45(55(42)27-25-47(58)59)23-16-35(32-52)17-24-46-51(5,6)49-40-12-10-9-11-37(40)18-22-43(49)56(46)28-26-48(60)61/h9-24,29-30,45H,7-8,25-28,31H2,1-6H3,(H,58,59)(H,60,61)/b23-16+,35-17-,38-29+,46-24+. The Bertz CT molecular complexity index is 2560. The molecule has 2 aliphatic heterocycles. The molecule has 0 aromatic heterocycles. The molecule has 0 radical (unpaired) electrons. The number of rotatable bonds is 16. The van der Waals surface area contributed by atoms with Crippen molar-refractivity contribution in [2.45, 2.75) is 77.7 Å². The third kappa shape index (κ3) is 9.00. The molecule has 4 aromatic carbocycles. The molecule has 10 nitrogen and oxygen atoms in total. The molecule has 312 valence electrons. The lowest BCUT2D eigenvalue weighted by atomic mass is 9.79. The zero-order valence-electron chi connectivity index (χ0n) is 35.8. The minimum Gasteiger partial charge on any atom is -0.481 e. The molecule has 0 fully saturated rings. The maximum absolute atomic E-state index is 13.5. The number of hydrogen-bond donors (Lipinski definition) is 2. The Kier molecular flexibility index (Phi) is 13.0. The minimum atomic E-state index is -0.931. The number of carbonyl (C=O) groups is 3. The van der Waals surface area contributed by atoms with E-state index in [-0.39, 0.29) is 49.8 Å². The van der Waals surface area contributed by atoms with Gasteiger partial charge >= 0.3 is 11.9 Å². The van der Waals surface area contributed by atoms with E-state index in [2.05, 4.69) is 70.7 Å². The van der Waals surface area contributed by atoms with Gasteiger partial charge in [0.1, 0.15) is 6.07 Å². The van der Waals surface area contributed by atoms with E-state index in [1.807, 2.05) is 88.7 Å². The summed E-state index contributed by atoms with van der Waals surface area (Å²) in [6.07, 6.45) is 8.85. The lowest BCUT2D eigenvalue weighted by molar-refractivity contribution is -0.137. The van der Waals surface area contributed by atoms with Crippen molar-refractivity contribution in [3.05, 3.63) is 142 Å². The van der Waals surface area contributed by atoms with Gasteiger partial charge in [0, 0.05) is 66.2 Å². The van der Waals surface area contributed by atoms with Crippen molar-refractivity contribution >= 4 is 51.6 Å². The number of carboxylic acid groups (broad SMARTS) is 2. The normalized spacial score (nSPS) is 17.3. The highest BCUT2D eigenvalue weighted by Crippen LogP contribution is 2.51. The van der Waals surface area contributed by atoms with Crippen LogP contribution in [0, 0.1) is 22.7 Å². The molecule has 0 amide bonds. The number of benzene rings is 4. The minimum absolute atomic E-state index is 0.0192. The number of anilines is 3. The highest BCUT2D eigenvalue weighted by atomic mass is 16.4. The van der Waals surface area contributed by atoms with Crippen LogP contribution in [0.3, 0.4) is 0 Å². The first kappa shape index (κ1) is 43.7. The van der Waals surface area contributed by atoms with Crippen LogP contribution in [-0.4, -0.2) is 60.2 Å². The van der Waals surface area contributed by atoms with Crippen LogP contribution in [0.15, 0.2) is 120 Å². The highest BCUT2D eigenvalue weighted by molar-refractivity contribution is 6.04. The van der Waals surface area contributed by atoms with Gasteiger partial charge in [-0.2, -0.15) is 10.5 Å². The first-order valence-corrected chi connectivity index (χ1v) is 20.8. The Hall–Kier alpha value is -6.91. The average Bonchev–Trinajstić information content (AvgIpc) is 3.59. The van der Waals surface area contributed by atoms with Gasteiger partial charge in [-0.05, 0) is 95.4 Å². The molecule has 0 aliphatic carbocycles. The number of hydrogen-bond acceptors (Lipinski definition) is 8. The van der Waals surface area contributed by atoms with E-state index in [1.165, 1.54) is 0 Å². The second-order valence-corrected chi connectivity index (χ2v) is 16.6. The number of ketones is 1. The van der Waals surface area contributed by atoms with Crippen molar-refractivity contribution < 1.29 is 24.6 Å². The second kappa shape index (κ2) is 18.1. The van der Waals surface area contributed by atoms with Gasteiger partial charge in [-0.15, -0.1) is 0 Å². The fraction of sp³-hybridized carbons (Fsp3) is 0.314. The number of carbonyl (C=O) groups excluding carboxylic acids is 1. The lowest BCUT2D eigenvalue weighted by Gasteiger charge is -2.32. The number of allylic oxidation sites excluding steroid dienone is 6. The highest BCUT2D eigenvalue weighted by Gasteiger charge is 2.44. The number of nitrogens with zero attached hydrogens (tertiary/aromatic N) is 5. The van der Waals surface area contributed by atoms with Gasteiger partial charge in [-0.1, -0.05) is 88.4 Å². The van der Waals surface area contributed by atoms with Crippen molar-refractivity contribution in [1.29, 1.82) is 10.5 Å². The van der Waals surface area contributed by atoms with E-state index in [9.17, 15) is 35.1 Å². The summed E-state index contributed by atoms with van der Waals surface area (Å²) in [5.74, 6) is -2.13. The Morgan fingerprint density at radius 2 is 1.51 bits per heavy atom.